The van der Waals surface area contributed by atoms with E-state index in [9.17, 15) is 14.7 Å². The fourth-order valence-corrected chi connectivity index (χ4v) is 4.20. The summed E-state index contributed by atoms with van der Waals surface area (Å²) in [5.74, 6) is -0.0955. The molecule has 3 rings (SSSR count). The zero-order valence-electron chi connectivity index (χ0n) is 13.2. The molecule has 0 spiro atoms. The van der Waals surface area contributed by atoms with E-state index >= 15 is 0 Å². The largest absolute Gasteiger partial charge is 0.478 e. The number of thioether (sulfide) groups is 1. The minimum absolute atomic E-state index is 0.0848. The number of hydrogen-bond acceptors (Lipinski definition) is 3. The van der Waals surface area contributed by atoms with Crippen LogP contribution in [0.5, 0.6) is 0 Å². The first-order chi connectivity index (χ1) is 11.6. The first kappa shape index (κ1) is 16.6. The van der Waals surface area contributed by atoms with Crippen LogP contribution in [0.3, 0.4) is 0 Å². The summed E-state index contributed by atoms with van der Waals surface area (Å²) >= 11 is 1.85. The van der Waals surface area contributed by atoms with Crippen LogP contribution >= 0.6 is 11.8 Å². The third kappa shape index (κ3) is 3.79. The van der Waals surface area contributed by atoms with Gasteiger partial charge in [0.05, 0.1) is 12.0 Å². The zero-order chi connectivity index (χ0) is 16.9. The Morgan fingerprint density at radius 3 is 2.71 bits per heavy atom. The lowest BCUT2D eigenvalue weighted by Gasteiger charge is -2.25. The quantitative estimate of drug-likeness (QED) is 0.877. The molecule has 24 heavy (non-hydrogen) atoms. The van der Waals surface area contributed by atoms with Crippen molar-refractivity contribution < 1.29 is 14.7 Å². The first-order valence-corrected chi connectivity index (χ1v) is 8.97. The summed E-state index contributed by atoms with van der Waals surface area (Å²) in [5, 5.41) is 12.4. The maximum Gasteiger partial charge on any atom is 0.335 e. The number of hydrogen-bond donors (Lipinski definition) is 2. The third-order valence-corrected chi connectivity index (χ3v) is 5.44. The number of benzene rings is 2. The van der Waals surface area contributed by atoms with E-state index in [1.165, 1.54) is 17.2 Å². The van der Waals surface area contributed by atoms with Crippen molar-refractivity contribution in [3.8, 4) is 0 Å². The zero-order valence-corrected chi connectivity index (χ0v) is 14.0. The molecule has 1 unspecified atom stereocenters. The van der Waals surface area contributed by atoms with Gasteiger partial charge in [0.15, 0.2) is 0 Å². The molecule has 2 aromatic rings. The first-order valence-electron chi connectivity index (χ1n) is 7.92. The summed E-state index contributed by atoms with van der Waals surface area (Å²) in [4.78, 5) is 23.4. The van der Waals surface area contributed by atoms with E-state index in [1.54, 1.807) is 18.2 Å². The average Bonchev–Trinajstić information content (AvgIpc) is 2.60. The highest BCUT2D eigenvalue weighted by atomic mass is 32.2. The van der Waals surface area contributed by atoms with Crippen molar-refractivity contribution in [3.05, 3.63) is 70.8 Å². The summed E-state index contributed by atoms with van der Waals surface area (Å²) in [7, 11) is 0. The molecule has 2 aromatic carbocycles. The molecule has 0 saturated carbocycles. The molecule has 0 saturated heterocycles. The molecule has 1 atom stereocenters. The normalized spacial score (nSPS) is 16.2. The van der Waals surface area contributed by atoms with E-state index in [0.29, 0.717) is 12.1 Å². The van der Waals surface area contributed by atoms with Gasteiger partial charge in [-0.05, 0) is 34.9 Å². The minimum Gasteiger partial charge on any atom is -0.478 e. The molecule has 4 nitrogen and oxygen atoms in total. The monoisotopic (exact) mass is 341 g/mol. The Morgan fingerprint density at radius 2 is 1.88 bits per heavy atom. The van der Waals surface area contributed by atoms with Crippen LogP contribution in [-0.2, 0) is 17.6 Å². The summed E-state index contributed by atoms with van der Waals surface area (Å²) in [6.07, 6.45) is 1.15. The summed E-state index contributed by atoms with van der Waals surface area (Å²) < 4.78 is 0. The van der Waals surface area contributed by atoms with Crippen LogP contribution < -0.4 is 5.32 Å². The highest BCUT2D eigenvalue weighted by Gasteiger charge is 2.21. The van der Waals surface area contributed by atoms with Crippen molar-refractivity contribution >= 4 is 23.6 Å². The fraction of sp³-hybridized carbons (Fsp3) is 0.263. The molecule has 0 aromatic heterocycles. The van der Waals surface area contributed by atoms with Gasteiger partial charge in [-0.3, -0.25) is 4.79 Å². The number of carbonyl (C=O) groups excluding carboxylic acids is 1. The Labute approximate surface area is 145 Å². The van der Waals surface area contributed by atoms with Gasteiger partial charge in [-0.2, -0.15) is 11.8 Å². The summed E-state index contributed by atoms with van der Waals surface area (Å²) in [6.45, 7) is 0.565. The number of aromatic carboxylic acids is 1. The lowest BCUT2D eigenvalue weighted by Crippen LogP contribution is -2.30. The number of aryl methyl sites for hydroxylation is 1. The molecule has 1 heterocycles. The number of carbonyl (C=O) groups is 2. The molecule has 1 aliphatic rings. The van der Waals surface area contributed by atoms with Gasteiger partial charge in [0.1, 0.15) is 0 Å². The van der Waals surface area contributed by atoms with Crippen LogP contribution in [-0.4, -0.2) is 29.3 Å². The van der Waals surface area contributed by atoms with Gasteiger partial charge in [0.25, 0.3) is 0 Å². The highest BCUT2D eigenvalue weighted by molar-refractivity contribution is 7.99. The van der Waals surface area contributed by atoms with Gasteiger partial charge >= 0.3 is 5.97 Å². The molecule has 0 bridgehead atoms. The topological polar surface area (TPSA) is 66.4 Å². The molecular formula is C19H19NO3S. The SMILES string of the molecule is O=C(Cc1ccccc1C(=O)O)NCC1SCCc2ccccc21. The number of fused-ring (bicyclic) bond motifs is 1. The van der Waals surface area contributed by atoms with Crippen LogP contribution in [0, 0.1) is 0 Å². The van der Waals surface area contributed by atoms with Crippen LogP contribution in [0.2, 0.25) is 0 Å². The van der Waals surface area contributed by atoms with Crippen molar-refractivity contribution in [2.75, 3.05) is 12.3 Å². The lowest BCUT2D eigenvalue weighted by molar-refractivity contribution is -0.120. The number of amides is 1. The van der Waals surface area contributed by atoms with Gasteiger partial charge in [-0.15, -0.1) is 0 Å². The van der Waals surface area contributed by atoms with E-state index < -0.39 is 5.97 Å². The number of nitrogens with one attached hydrogen (secondary N) is 1. The van der Waals surface area contributed by atoms with Crippen LogP contribution in [0.15, 0.2) is 48.5 Å². The predicted molar refractivity (Wildman–Crippen MR) is 95.5 cm³/mol. The van der Waals surface area contributed by atoms with Crippen molar-refractivity contribution in [1.29, 1.82) is 0 Å². The Morgan fingerprint density at radius 1 is 1.12 bits per heavy atom. The van der Waals surface area contributed by atoms with Gasteiger partial charge in [-0.1, -0.05) is 42.5 Å². The van der Waals surface area contributed by atoms with Crippen molar-refractivity contribution in [2.45, 2.75) is 18.1 Å². The van der Waals surface area contributed by atoms with Gasteiger partial charge in [0, 0.05) is 11.8 Å². The Hall–Kier alpha value is -2.27. The molecule has 1 aliphatic heterocycles. The maximum atomic E-state index is 12.2. The van der Waals surface area contributed by atoms with Crippen molar-refractivity contribution in [3.63, 3.8) is 0 Å². The Kier molecular flexibility index (Phi) is 5.20. The van der Waals surface area contributed by atoms with E-state index in [4.69, 9.17) is 0 Å². The van der Waals surface area contributed by atoms with E-state index in [-0.39, 0.29) is 23.1 Å². The molecule has 124 valence electrons. The van der Waals surface area contributed by atoms with Gasteiger partial charge in [-0.25, -0.2) is 4.79 Å². The fourth-order valence-electron chi connectivity index (χ4n) is 2.97. The predicted octanol–water partition coefficient (Wildman–Crippen LogP) is 3.07. The molecule has 2 N–H and O–H groups in total. The summed E-state index contributed by atoms with van der Waals surface area (Å²) in [6, 6.07) is 15.0. The molecular weight excluding hydrogens is 322 g/mol. The standard InChI is InChI=1S/C19H19NO3S/c21-18(11-14-6-2-4-8-16(14)19(22)23)20-12-17-15-7-3-1-5-13(15)9-10-24-17/h1-8,17H,9-12H2,(H,20,21)(H,22,23). The van der Waals surface area contributed by atoms with Gasteiger partial charge < -0.3 is 10.4 Å². The number of rotatable bonds is 5. The second-order valence-corrected chi connectivity index (χ2v) is 7.06. The van der Waals surface area contributed by atoms with Gasteiger partial charge in [0.2, 0.25) is 5.91 Å². The second-order valence-electron chi connectivity index (χ2n) is 5.75. The average molecular weight is 341 g/mol. The molecule has 0 aliphatic carbocycles. The number of carboxylic acids is 1. The van der Waals surface area contributed by atoms with Crippen LogP contribution in [0.25, 0.3) is 0 Å². The van der Waals surface area contributed by atoms with Crippen molar-refractivity contribution in [2.24, 2.45) is 0 Å². The lowest BCUT2D eigenvalue weighted by atomic mass is 10.0. The minimum atomic E-state index is -1.00. The smallest absolute Gasteiger partial charge is 0.335 e. The highest BCUT2D eigenvalue weighted by Crippen LogP contribution is 2.35. The van der Waals surface area contributed by atoms with Crippen LogP contribution in [0.4, 0.5) is 0 Å². The van der Waals surface area contributed by atoms with E-state index in [0.717, 1.165) is 12.2 Å². The molecule has 0 radical (unpaired) electrons. The van der Waals surface area contributed by atoms with E-state index in [2.05, 4.69) is 17.4 Å². The molecule has 5 heteroatoms. The maximum absolute atomic E-state index is 12.2. The van der Waals surface area contributed by atoms with Crippen LogP contribution in [0.1, 0.15) is 32.3 Å². The molecule has 0 fully saturated rings. The Balaban J connectivity index is 1.62. The Bertz CT molecular complexity index is 760. The van der Waals surface area contributed by atoms with E-state index in [1.807, 2.05) is 23.9 Å². The third-order valence-electron chi connectivity index (χ3n) is 4.18. The van der Waals surface area contributed by atoms with Crippen molar-refractivity contribution in [1.82, 2.24) is 5.32 Å². The molecule has 1 amide bonds. The number of carboxylic acid groups (broad SMARTS) is 1. The second kappa shape index (κ2) is 7.53. The summed E-state index contributed by atoms with van der Waals surface area (Å²) in [5.41, 5.74) is 3.37.